The van der Waals surface area contributed by atoms with E-state index in [4.69, 9.17) is 6.42 Å². The third kappa shape index (κ3) is 7.46. The molecule has 0 saturated carbocycles. The van der Waals surface area contributed by atoms with Crippen molar-refractivity contribution in [3.8, 4) is 12.3 Å². The highest BCUT2D eigenvalue weighted by Gasteiger charge is 2.30. The van der Waals surface area contributed by atoms with E-state index in [1.54, 1.807) is 13.0 Å². The maximum Gasteiger partial charge on any atom is 0.446 e. The molecular weight excluding hydrogens is 331 g/mol. The highest BCUT2D eigenvalue weighted by atomic mass is 32.2. The number of carbonyl (C=O) groups excluding carboxylic acids is 2. The molecule has 0 fully saturated rings. The van der Waals surface area contributed by atoms with Crippen LogP contribution in [0.25, 0.3) is 0 Å². The number of thioether (sulfide) groups is 1. The molecular formula is C14H14F3N3O2S. The summed E-state index contributed by atoms with van der Waals surface area (Å²) in [4.78, 5) is 22.8. The van der Waals surface area contributed by atoms with Crippen LogP contribution in [-0.2, 0) is 4.79 Å². The summed E-state index contributed by atoms with van der Waals surface area (Å²) >= 11 is -0.325. The fourth-order valence-corrected chi connectivity index (χ4v) is 2.20. The molecule has 0 bridgehead atoms. The monoisotopic (exact) mass is 345 g/mol. The second kappa shape index (κ2) is 8.33. The lowest BCUT2D eigenvalue weighted by atomic mass is 10.2. The van der Waals surface area contributed by atoms with Gasteiger partial charge in [0.05, 0.1) is 18.8 Å². The van der Waals surface area contributed by atoms with Crippen molar-refractivity contribution in [2.24, 2.45) is 0 Å². The van der Waals surface area contributed by atoms with Gasteiger partial charge in [0, 0.05) is 4.90 Å². The van der Waals surface area contributed by atoms with Crippen LogP contribution in [0.2, 0.25) is 0 Å². The average molecular weight is 345 g/mol. The first-order valence-corrected chi connectivity index (χ1v) is 7.14. The predicted octanol–water partition coefficient (Wildman–Crippen LogP) is 2.48. The molecule has 0 heterocycles. The van der Waals surface area contributed by atoms with Crippen LogP contribution in [0.5, 0.6) is 0 Å². The van der Waals surface area contributed by atoms with Gasteiger partial charge in [-0.2, -0.15) is 13.2 Å². The molecule has 0 aromatic heterocycles. The fraction of sp³-hybridized carbons (Fsp3) is 0.286. The molecule has 0 saturated heterocycles. The summed E-state index contributed by atoms with van der Waals surface area (Å²) in [5, 5.41) is 6.83. The van der Waals surface area contributed by atoms with Crippen molar-refractivity contribution in [1.29, 1.82) is 0 Å². The molecule has 0 aliphatic heterocycles. The zero-order valence-electron chi connectivity index (χ0n) is 12.1. The standard InChI is InChI=1S/C14H14F3N3O2S/c1-3-6-18-12(21)8-19-13(22)20-10-5-4-9(2)7-11(10)23-14(15,16)17/h1,4-5,7H,6,8H2,2H3,(H,18,21)(H2,19,20,22). The molecule has 0 radical (unpaired) electrons. The van der Waals surface area contributed by atoms with E-state index in [1.807, 2.05) is 0 Å². The minimum atomic E-state index is -4.48. The number of amides is 3. The number of rotatable bonds is 5. The smallest absolute Gasteiger partial charge is 0.344 e. The zero-order valence-corrected chi connectivity index (χ0v) is 12.9. The lowest BCUT2D eigenvalue weighted by Gasteiger charge is -2.13. The molecule has 9 heteroatoms. The number of carbonyl (C=O) groups is 2. The first kappa shape index (κ1) is 18.7. The molecule has 1 aromatic rings. The second-order valence-corrected chi connectivity index (χ2v) is 5.44. The van der Waals surface area contributed by atoms with Crippen LogP contribution in [0.1, 0.15) is 5.56 Å². The third-order valence-corrected chi connectivity index (χ3v) is 3.20. The second-order valence-electron chi connectivity index (χ2n) is 4.34. The van der Waals surface area contributed by atoms with Gasteiger partial charge in [0.25, 0.3) is 0 Å². The molecule has 124 valence electrons. The molecule has 3 N–H and O–H groups in total. The van der Waals surface area contributed by atoms with E-state index < -0.39 is 17.4 Å². The number of urea groups is 1. The maximum atomic E-state index is 12.5. The number of terminal acetylenes is 1. The topological polar surface area (TPSA) is 70.2 Å². The Bertz CT molecular complexity index is 627. The van der Waals surface area contributed by atoms with Crippen molar-refractivity contribution in [2.45, 2.75) is 17.3 Å². The zero-order chi connectivity index (χ0) is 17.5. The van der Waals surface area contributed by atoms with Crippen LogP contribution < -0.4 is 16.0 Å². The third-order valence-electron chi connectivity index (χ3n) is 2.41. The van der Waals surface area contributed by atoms with Crippen molar-refractivity contribution >= 4 is 29.4 Å². The Labute approximate surface area is 135 Å². The van der Waals surface area contributed by atoms with Crippen molar-refractivity contribution in [3.05, 3.63) is 23.8 Å². The molecule has 3 amide bonds. The number of anilines is 1. The van der Waals surface area contributed by atoms with Crippen LogP contribution in [-0.4, -0.2) is 30.5 Å². The molecule has 0 unspecified atom stereocenters. The van der Waals surface area contributed by atoms with E-state index in [0.717, 1.165) is 0 Å². The van der Waals surface area contributed by atoms with Gasteiger partial charge >= 0.3 is 11.5 Å². The molecule has 0 aliphatic rings. The molecule has 1 rings (SSSR count). The highest BCUT2D eigenvalue weighted by Crippen LogP contribution is 2.40. The Morgan fingerprint density at radius 1 is 1.30 bits per heavy atom. The molecule has 23 heavy (non-hydrogen) atoms. The Hall–Kier alpha value is -2.34. The summed E-state index contributed by atoms with van der Waals surface area (Å²) in [6, 6.07) is 3.44. The van der Waals surface area contributed by atoms with Crippen LogP contribution >= 0.6 is 11.8 Å². The van der Waals surface area contributed by atoms with Gasteiger partial charge in [-0.1, -0.05) is 12.0 Å². The first-order valence-electron chi connectivity index (χ1n) is 6.32. The van der Waals surface area contributed by atoms with Gasteiger partial charge < -0.3 is 16.0 Å². The lowest BCUT2D eigenvalue weighted by molar-refractivity contribution is -0.119. The molecule has 0 atom stereocenters. The minimum Gasteiger partial charge on any atom is -0.344 e. The number of hydrogen-bond donors (Lipinski definition) is 3. The predicted molar refractivity (Wildman–Crippen MR) is 82.0 cm³/mol. The van der Waals surface area contributed by atoms with Crippen LogP contribution in [0.4, 0.5) is 23.7 Å². The van der Waals surface area contributed by atoms with Gasteiger partial charge in [-0.3, -0.25) is 4.79 Å². The molecule has 0 aliphatic carbocycles. The van der Waals surface area contributed by atoms with Gasteiger partial charge in [-0.05, 0) is 36.4 Å². The van der Waals surface area contributed by atoms with E-state index >= 15 is 0 Å². The first-order chi connectivity index (χ1) is 10.7. The largest absolute Gasteiger partial charge is 0.446 e. The Balaban J connectivity index is 2.67. The van der Waals surface area contributed by atoms with E-state index in [2.05, 4.69) is 21.9 Å². The summed E-state index contributed by atoms with van der Waals surface area (Å²) in [7, 11) is 0. The molecule has 5 nitrogen and oxygen atoms in total. The summed E-state index contributed by atoms with van der Waals surface area (Å²) in [5.74, 6) is 1.68. The van der Waals surface area contributed by atoms with Gasteiger partial charge in [0.2, 0.25) is 5.91 Å². The summed E-state index contributed by atoms with van der Waals surface area (Å²) < 4.78 is 37.6. The van der Waals surface area contributed by atoms with Crippen molar-refractivity contribution < 1.29 is 22.8 Å². The van der Waals surface area contributed by atoms with E-state index in [0.29, 0.717) is 5.56 Å². The summed E-state index contributed by atoms with van der Waals surface area (Å²) in [6.07, 6.45) is 4.96. The number of alkyl halides is 3. The lowest BCUT2D eigenvalue weighted by Crippen LogP contribution is -2.39. The maximum absolute atomic E-state index is 12.5. The number of benzene rings is 1. The number of nitrogens with one attached hydrogen (secondary N) is 3. The molecule has 1 aromatic carbocycles. The van der Waals surface area contributed by atoms with Gasteiger partial charge in [-0.25, -0.2) is 4.79 Å². The summed E-state index contributed by atoms with van der Waals surface area (Å²) in [6.45, 7) is 1.31. The fourth-order valence-electron chi connectivity index (χ4n) is 1.48. The van der Waals surface area contributed by atoms with Crippen LogP contribution in [0, 0.1) is 19.3 Å². The quantitative estimate of drug-likeness (QED) is 0.567. The van der Waals surface area contributed by atoms with E-state index in [9.17, 15) is 22.8 Å². The SMILES string of the molecule is C#CCNC(=O)CNC(=O)Nc1ccc(C)cc1SC(F)(F)F. The minimum absolute atomic E-state index is 0.000502. The van der Waals surface area contributed by atoms with Crippen molar-refractivity contribution in [3.63, 3.8) is 0 Å². The Morgan fingerprint density at radius 2 is 2.00 bits per heavy atom. The van der Waals surface area contributed by atoms with Gasteiger partial charge in [0.15, 0.2) is 0 Å². The normalized spacial score (nSPS) is 10.6. The van der Waals surface area contributed by atoms with Crippen LogP contribution in [0.15, 0.2) is 23.1 Å². The van der Waals surface area contributed by atoms with E-state index in [1.165, 1.54) is 12.1 Å². The Morgan fingerprint density at radius 3 is 2.61 bits per heavy atom. The average Bonchev–Trinajstić information content (AvgIpc) is 2.44. The van der Waals surface area contributed by atoms with Gasteiger partial charge in [-0.15, -0.1) is 6.42 Å². The van der Waals surface area contributed by atoms with Crippen molar-refractivity contribution in [2.75, 3.05) is 18.4 Å². The molecule has 0 spiro atoms. The van der Waals surface area contributed by atoms with Crippen LogP contribution in [0.3, 0.4) is 0 Å². The van der Waals surface area contributed by atoms with E-state index in [-0.39, 0.29) is 35.4 Å². The van der Waals surface area contributed by atoms with Gasteiger partial charge in [0.1, 0.15) is 0 Å². The number of halogens is 3. The van der Waals surface area contributed by atoms with Crippen molar-refractivity contribution in [1.82, 2.24) is 10.6 Å². The Kier molecular flexibility index (Phi) is 6.78. The number of aryl methyl sites for hydroxylation is 1. The highest BCUT2D eigenvalue weighted by molar-refractivity contribution is 8.00. The summed E-state index contributed by atoms with van der Waals surface area (Å²) in [5.41, 5.74) is -3.86. The number of hydrogen-bond acceptors (Lipinski definition) is 3.